The second-order valence-corrected chi connectivity index (χ2v) is 8.58. The first-order valence-electron chi connectivity index (χ1n) is 9.50. The van der Waals surface area contributed by atoms with Crippen molar-refractivity contribution < 1.29 is 5.11 Å². The summed E-state index contributed by atoms with van der Waals surface area (Å²) in [6.07, 6.45) is 13.3. The highest BCUT2D eigenvalue weighted by Crippen LogP contribution is 2.48. The molecule has 2 nitrogen and oxygen atoms in total. The topological polar surface area (TPSA) is 23.5 Å². The lowest BCUT2D eigenvalue weighted by atomic mass is 9.63. The maximum absolute atomic E-state index is 9.68. The third kappa shape index (κ3) is 3.64. The molecule has 1 N–H and O–H groups in total. The molecule has 21 heavy (non-hydrogen) atoms. The number of aliphatic hydroxyl groups excluding tert-OH is 1. The molecule has 0 bridgehead atoms. The van der Waals surface area contributed by atoms with Crippen molar-refractivity contribution in [3.8, 4) is 0 Å². The summed E-state index contributed by atoms with van der Waals surface area (Å²) in [5, 5.41) is 9.68. The van der Waals surface area contributed by atoms with Crippen LogP contribution in [0.1, 0.15) is 78.1 Å². The van der Waals surface area contributed by atoms with Crippen LogP contribution in [0.4, 0.5) is 0 Å². The molecule has 3 fully saturated rings. The quantitative estimate of drug-likeness (QED) is 0.824. The fourth-order valence-electron chi connectivity index (χ4n) is 5.21. The summed E-state index contributed by atoms with van der Waals surface area (Å²) >= 11 is 0. The molecule has 1 spiro atoms. The molecule has 0 atom stereocenters. The summed E-state index contributed by atoms with van der Waals surface area (Å²) in [5.74, 6) is 1.88. The molecule has 1 saturated heterocycles. The van der Waals surface area contributed by atoms with E-state index < -0.39 is 0 Å². The lowest BCUT2D eigenvalue weighted by Crippen LogP contribution is -2.47. The van der Waals surface area contributed by atoms with Crippen LogP contribution in [-0.2, 0) is 0 Å². The molecule has 3 aliphatic rings. The van der Waals surface area contributed by atoms with Crippen LogP contribution < -0.4 is 0 Å². The molecule has 0 aromatic heterocycles. The zero-order chi connectivity index (χ0) is 14.9. The number of rotatable bonds is 2. The molecule has 0 radical (unpaired) electrons. The summed E-state index contributed by atoms with van der Waals surface area (Å²) in [6, 6.07) is 0.776. The molecule has 0 aromatic carbocycles. The van der Waals surface area contributed by atoms with Crippen molar-refractivity contribution in [1.82, 2.24) is 4.90 Å². The predicted octanol–water partition coefficient (Wildman–Crippen LogP) is 4.22. The molecule has 2 heteroatoms. The molecular formula is C19H35NO. The smallest absolute Gasteiger partial charge is 0.0541 e. The molecule has 1 heterocycles. The monoisotopic (exact) mass is 293 g/mol. The largest absolute Gasteiger partial charge is 0.393 e. The lowest BCUT2D eigenvalue weighted by molar-refractivity contribution is 0.00686. The van der Waals surface area contributed by atoms with Crippen LogP contribution in [-0.4, -0.2) is 35.2 Å². The standard InChI is InChI=1S/C19H35NO/c1-15(2)16-7-9-19(10-8-16)11-13-20(14-12-19)17-3-5-18(21)6-4-17/h15-18,21H,3-14H2,1-2H3. The van der Waals surface area contributed by atoms with Crippen molar-refractivity contribution in [1.29, 1.82) is 0 Å². The molecule has 0 aromatic rings. The molecule has 0 amide bonds. The van der Waals surface area contributed by atoms with Crippen molar-refractivity contribution >= 4 is 0 Å². The maximum Gasteiger partial charge on any atom is 0.0541 e. The maximum atomic E-state index is 9.68. The van der Waals surface area contributed by atoms with E-state index in [1.54, 1.807) is 0 Å². The third-order valence-electron chi connectivity index (χ3n) is 7.08. The van der Waals surface area contributed by atoms with E-state index in [1.807, 2.05) is 0 Å². The van der Waals surface area contributed by atoms with Gasteiger partial charge in [0.25, 0.3) is 0 Å². The second kappa shape index (κ2) is 6.58. The minimum Gasteiger partial charge on any atom is -0.393 e. The first kappa shape index (κ1) is 15.8. The number of nitrogens with zero attached hydrogens (tertiary/aromatic N) is 1. The van der Waals surface area contributed by atoms with Crippen LogP contribution in [0.2, 0.25) is 0 Å². The average Bonchev–Trinajstić information content (AvgIpc) is 2.50. The Kier molecular flexibility index (Phi) is 4.95. The molecular weight excluding hydrogens is 258 g/mol. The number of piperidine rings is 1. The summed E-state index contributed by atoms with van der Waals surface area (Å²) in [6.45, 7) is 7.46. The Morgan fingerprint density at radius 2 is 1.43 bits per heavy atom. The Morgan fingerprint density at radius 3 is 1.95 bits per heavy atom. The molecule has 1 aliphatic heterocycles. The second-order valence-electron chi connectivity index (χ2n) is 8.58. The third-order valence-corrected chi connectivity index (χ3v) is 7.08. The molecule has 2 saturated carbocycles. The average molecular weight is 293 g/mol. The predicted molar refractivity (Wildman–Crippen MR) is 88.3 cm³/mol. The summed E-state index contributed by atoms with van der Waals surface area (Å²) in [5.41, 5.74) is 0.704. The minimum atomic E-state index is -0.0105. The highest BCUT2D eigenvalue weighted by atomic mass is 16.3. The SMILES string of the molecule is CC(C)C1CCC2(CC1)CCN(C1CCC(O)CC1)CC2. The fraction of sp³-hybridized carbons (Fsp3) is 1.00. The van der Waals surface area contributed by atoms with Gasteiger partial charge < -0.3 is 10.0 Å². The van der Waals surface area contributed by atoms with Crippen LogP contribution in [0.3, 0.4) is 0 Å². The molecule has 122 valence electrons. The van der Waals surface area contributed by atoms with Gasteiger partial charge in [-0.2, -0.15) is 0 Å². The van der Waals surface area contributed by atoms with Gasteiger partial charge in [-0.1, -0.05) is 13.8 Å². The van der Waals surface area contributed by atoms with Gasteiger partial charge in [0.15, 0.2) is 0 Å². The van der Waals surface area contributed by atoms with Crippen molar-refractivity contribution in [2.24, 2.45) is 17.3 Å². The molecule has 0 unspecified atom stereocenters. The summed E-state index contributed by atoms with van der Waals surface area (Å²) < 4.78 is 0. The highest BCUT2D eigenvalue weighted by Gasteiger charge is 2.40. The van der Waals surface area contributed by atoms with E-state index in [0.717, 1.165) is 30.7 Å². The van der Waals surface area contributed by atoms with Crippen LogP contribution in [0.25, 0.3) is 0 Å². The summed E-state index contributed by atoms with van der Waals surface area (Å²) in [7, 11) is 0. The number of hydrogen-bond acceptors (Lipinski definition) is 2. The van der Waals surface area contributed by atoms with E-state index in [0.29, 0.717) is 5.41 Å². The number of likely N-dealkylation sites (tertiary alicyclic amines) is 1. The first-order valence-corrected chi connectivity index (χ1v) is 9.50. The number of aliphatic hydroxyl groups is 1. The van der Waals surface area contributed by atoms with E-state index in [2.05, 4.69) is 18.7 Å². The van der Waals surface area contributed by atoms with E-state index in [9.17, 15) is 5.11 Å². The Morgan fingerprint density at radius 1 is 0.857 bits per heavy atom. The fourth-order valence-corrected chi connectivity index (χ4v) is 5.21. The van der Waals surface area contributed by atoms with Gasteiger partial charge in [-0.25, -0.2) is 0 Å². The zero-order valence-electron chi connectivity index (χ0n) is 14.2. The lowest BCUT2D eigenvalue weighted by Gasteiger charge is -2.49. The van der Waals surface area contributed by atoms with E-state index in [-0.39, 0.29) is 6.10 Å². The minimum absolute atomic E-state index is 0.0105. The van der Waals surface area contributed by atoms with E-state index in [4.69, 9.17) is 0 Å². The Bertz CT molecular complexity index is 314. The molecule has 2 aliphatic carbocycles. The van der Waals surface area contributed by atoms with Gasteiger partial charge in [0.1, 0.15) is 0 Å². The normalized spacial score (nSPS) is 35.4. The van der Waals surface area contributed by atoms with Crippen LogP contribution in [0.15, 0.2) is 0 Å². The van der Waals surface area contributed by atoms with Crippen molar-refractivity contribution in [3.63, 3.8) is 0 Å². The zero-order valence-corrected chi connectivity index (χ0v) is 14.2. The van der Waals surface area contributed by atoms with Crippen molar-refractivity contribution in [2.75, 3.05) is 13.1 Å². The highest BCUT2D eigenvalue weighted by molar-refractivity contribution is 4.92. The van der Waals surface area contributed by atoms with Crippen molar-refractivity contribution in [2.45, 2.75) is 90.2 Å². The van der Waals surface area contributed by atoms with E-state index >= 15 is 0 Å². The van der Waals surface area contributed by atoms with Crippen LogP contribution in [0, 0.1) is 17.3 Å². The first-order chi connectivity index (χ1) is 10.1. The molecule has 3 rings (SSSR count). The Labute approximate surface area is 131 Å². The van der Waals surface area contributed by atoms with Gasteiger partial charge in [0.05, 0.1) is 6.10 Å². The van der Waals surface area contributed by atoms with Gasteiger partial charge in [0.2, 0.25) is 0 Å². The van der Waals surface area contributed by atoms with Gasteiger partial charge in [-0.3, -0.25) is 0 Å². The van der Waals surface area contributed by atoms with Gasteiger partial charge >= 0.3 is 0 Å². The van der Waals surface area contributed by atoms with Crippen LogP contribution >= 0.6 is 0 Å². The Hall–Kier alpha value is -0.0800. The van der Waals surface area contributed by atoms with Gasteiger partial charge in [-0.05, 0) is 94.5 Å². The van der Waals surface area contributed by atoms with Gasteiger partial charge in [-0.15, -0.1) is 0 Å². The van der Waals surface area contributed by atoms with Crippen molar-refractivity contribution in [3.05, 3.63) is 0 Å². The van der Waals surface area contributed by atoms with E-state index in [1.165, 1.54) is 64.5 Å². The van der Waals surface area contributed by atoms with Gasteiger partial charge in [0, 0.05) is 6.04 Å². The Balaban J connectivity index is 1.47. The number of hydrogen-bond donors (Lipinski definition) is 1. The summed E-state index contributed by atoms with van der Waals surface area (Å²) in [4.78, 5) is 2.76. The van der Waals surface area contributed by atoms with Crippen LogP contribution in [0.5, 0.6) is 0 Å².